The third kappa shape index (κ3) is 5.71. The molecule has 8 heteroatoms. The zero-order chi connectivity index (χ0) is 23.8. The van der Waals surface area contributed by atoms with Gasteiger partial charge < -0.3 is 25.4 Å². The molecule has 7 nitrogen and oxygen atoms in total. The molecule has 0 saturated carbocycles. The summed E-state index contributed by atoms with van der Waals surface area (Å²) in [6.45, 7) is 1.02. The first-order chi connectivity index (χ1) is 16.0. The molecular weight excluding hydrogens is 486 g/mol. The zero-order valence-electron chi connectivity index (χ0n) is 18.7. The summed E-state index contributed by atoms with van der Waals surface area (Å²) < 4.78 is 11.5. The number of likely N-dealkylation sites (N-methyl/N-ethyl adjacent to an activating group) is 1. The van der Waals surface area contributed by atoms with E-state index in [4.69, 9.17) is 9.47 Å². The average Bonchev–Trinajstić information content (AvgIpc) is 2.84. The second kappa shape index (κ2) is 11.5. The first-order valence-corrected chi connectivity index (χ1v) is 11.1. The summed E-state index contributed by atoms with van der Waals surface area (Å²) in [6.07, 6.45) is 0. The Hall–Kier alpha value is -3.36. The van der Waals surface area contributed by atoms with E-state index in [0.717, 1.165) is 11.1 Å². The lowest BCUT2D eigenvalue weighted by Gasteiger charge is -2.19. The second-order valence-corrected chi connectivity index (χ2v) is 7.96. The van der Waals surface area contributed by atoms with Crippen molar-refractivity contribution in [2.24, 2.45) is 0 Å². The average molecular weight is 512 g/mol. The number of hydrogen-bond acceptors (Lipinski definition) is 5. The molecule has 0 saturated heterocycles. The van der Waals surface area contributed by atoms with Crippen molar-refractivity contribution >= 4 is 33.4 Å². The number of benzene rings is 3. The molecule has 0 spiro atoms. The van der Waals surface area contributed by atoms with Crippen LogP contribution in [0.3, 0.4) is 0 Å². The number of anilines is 1. The minimum Gasteiger partial charge on any atom is -0.495 e. The summed E-state index contributed by atoms with van der Waals surface area (Å²) in [5, 5.41) is 8.63. The van der Waals surface area contributed by atoms with Crippen LogP contribution in [0.5, 0.6) is 11.5 Å². The predicted octanol–water partition coefficient (Wildman–Crippen LogP) is 4.33. The Morgan fingerprint density at radius 3 is 2.09 bits per heavy atom. The molecule has 0 unspecified atom stereocenters. The highest BCUT2D eigenvalue weighted by Gasteiger charge is 2.25. The highest BCUT2D eigenvalue weighted by molar-refractivity contribution is 9.10. The van der Waals surface area contributed by atoms with Gasteiger partial charge in [0.1, 0.15) is 11.3 Å². The van der Waals surface area contributed by atoms with Gasteiger partial charge in [0, 0.05) is 18.7 Å². The van der Waals surface area contributed by atoms with Crippen LogP contribution in [0, 0.1) is 0 Å². The molecule has 0 heterocycles. The lowest BCUT2D eigenvalue weighted by Crippen LogP contribution is -2.31. The lowest BCUT2D eigenvalue weighted by molar-refractivity contribution is 0.0946. The molecule has 0 atom stereocenters. The van der Waals surface area contributed by atoms with Gasteiger partial charge in [-0.2, -0.15) is 0 Å². The van der Waals surface area contributed by atoms with Crippen LogP contribution in [0.2, 0.25) is 0 Å². The Morgan fingerprint density at radius 2 is 1.48 bits per heavy atom. The largest absolute Gasteiger partial charge is 0.495 e. The van der Waals surface area contributed by atoms with Crippen molar-refractivity contribution < 1.29 is 19.1 Å². The summed E-state index contributed by atoms with van der Waals surface area (Å²) in [5.74, 6) is -0.167. The van der Waals surface area contributed by atoms with E-state index in [1.807, 2.05) is 42.5 Å². The lowest BCUT2D eigenvalue weighted by atomic mass is 10.0. The van der Waals surface area contributed by atoms with Gasteiger partial charge in [0.25, 0.3) is 11.8 Å². The summed E-state index contributed by atoms with van der Waals surface area (Å²) in [7, 11) is 4.71. The second-order valence-electron chi connectivity index (χ2n) is 7.10. The Morgan fingerprint density at radius 1 is 0.848 bits per heavy atom. The van der Waals surface area contributed by atoms with Crippen LogP contribution in [0.25, 0.3) is 11.1 Å². The highest BCUT2D eigenvalue weighted by Crippen LogP contribution is 2.41. The van der Waals surface area contributed by atoms with Crippen molar-refractivity contribution in [2.75, 3.05) is 39.7 Å². The van der Waals surface area contributed by atoms with Gasteiger partial charge in [0.2, 0.25) is 0 Å². The van der Waals surface area contributed by atoms with Gasteiger partial charge in [-0.15, -0.1) is 0 Å². The molecule has 0 radical (unpaired) electrons. The van der Waals surface area contributed by atoms with Gasteiger partial charge in [-0.1, -0.05) is 42.5 Å². The Labute approximate surface area is 201 Å². The molecule has 33 heavy (non-hydrogen) atoms. The van der Waals surface area contributed by atoms with Crippen LogP contribution >= 0.6 is 15.9 Å². The first-order valence-electron chi connectivity index (χ1n) is 10.3. The van der Waals surface area contributed by atoms with Gasteiger partial charge in [0.05, 0.1) is 24.4 Å². The van der Waals surface area contributed by atoms with E-state index in [9.17, 15) is 9.59 Å². The molecule has 172 valence electrons. The molecule has 3 aromatic carbocycles. The molecule has 0 aliphatic heterocycles. The van der Waals surface area contributed by atoms with Crippen LogP contribution in [0.15, 0.2) is 65.1 Å². The molecule has 0 fully saturated rings. The molecule has 0 aliphatic carbocycles. The maximum absolute atomic E-state index is 13.0. The molecule has 3 rings (SSSR count). The third-order valence-corrected chi connectivity index (χ3v) is 5.57. The van der Waals surface area contributed by atoms with Crippen molar-refractivity contribution in [3.63, 3.8) is 0 Å². The standard InChI is InChI=1S/C25H26BrN3O4/c1-27-13-14-28-25(31)21-22(32-2)19(26)15-20(23(21)33-3)29-24(30)18-11-9-17(10-12-18)16-7-5-4-6-8-16/h4-12,15,27H,13-14H2,1-3H3,(H,28,31)(H,29,30). The number of methoxy groups -OCH3 is 2. The Kier molecular flexibility index (Phi) is 8.46. The fourth-order valence-electron chi connectivity index (χ4n) is 3.35. The number of nitrogens with one attached hydrogen (secondary N) is 3. The van der Waals surface area contributed by atoms with Crippen molar-refractivity contribution in [1.82, 2.24) is 10.6 Å². The van der Waals surface area contributed by atoms with Crippen LogP contribution in [-0.4, -0.2) is 46.2 Å². The Balaban J connectivity index is 1.89. The van der Waals surface area contributed by atoms with Crippen molar-refractivity contribution in [2.45, 2.75) is 0 Å². The molecular formula is C25H26BrN3O4. The van der Waals surface area contributed by atoms with E-state index in [2.05, 4.69) is 31.9 Å². The van der Waals surface area contributed by atoms with Gasteiger partial charge in [-0.3, -0.25) is 9.59 Å². The number of amides is 2. The van der Waals surface area contributed by atoms with Crippen LogP contribution in [0.1, 0.15) is 20.7 Å². The van der Waals surface area contributed by atoms with Gasteiger partial charge in [0.15, 0.2) is 5.75 Å². The van der Waals surface area contributed by atoms with Gasteiger partial charge in [-0.25, -0.2) is 0 Å². The van der Waals surface area contributed by atoms with Crippen molar-refractivity contribution in [3.05, 3.63) is 76.3 Å². The molecule has 2 amide bonds. The normalized spacial score (nSPS) is 10.4. The van der Waals surface area contributed by atoms with E-state index in [0.29, 0.717) is 34.6 Å². The van der Waals surface area contributed by atoms with Crippen molar-refractivity contribution in [3.8, 4) is 22.6 Å². The number of ether oxygens (including phenoxy) is 2. The van der Waals surface area contributed by atoms with E-state index in [-0.39, 0.29) is 23.1 Å². The number of carbonyl (C=O) groups excluding carboxylic acids is 2. The summed E-state index contributed by atoms with van der Waals surface area (Å²) in [4.78, 5) is 25.8. The van der Waals surface area contributed by atoms with E-state index >= 15 is 0 Å². The first kappa shape index (κ1) is 24.3. The number of rotatable bonds is 9. The maximum Gasteiger partial charge on any atom is 0.259 e. The number of carbonyl (C=O) groups is 2. The molecule has 0 aromatic heterocycles. The highest BCUT2D eigenvalue weighted by atomic mass is 79.9. The Bertz CT molecular complexity index is 1120. The van der Waals surface area contributed by atoms with Gasteiger partial charge >= 0.3 is 0 Å². The van der Waals surface area contributed by atoms with Crippen LogP contribution in [0.4, 0.5) is 5.69 Å². The summed E-state index contributed by atoms with van der Waals surface area (Å²) in [5.41, 5.74) is 3.10. The topological polar surface area (TPSA) is 88.7 Å². The van der Waals surface area contributed by atoms with E-state index in [1.165, 1.54) is 14.2 Å². The minimum absolute atomic E-state index is 0.195. The van der Waals surface area contributed by atoms with Crippen LogP contribution in [-0.2, 0) is 0 Å². The fourth-order valence-corrected chi connectivity index (χ4v) is 3.94. The van der Waals surface area contributed by atoms with Crippen LogP contribution < -0.4 is 25.4 Å². The molecule has 3 aromatic rings. The number of halogens is 1. The van der Waals surface area contributed by atoms with Gasteiger partial charge in [-0.05, 0) is 52.3 Å². The van der Waals surface area contributed by atoms with Crippen molar-refractivity contribution in [1.29, 1.82) is 0 Å². The van der Waals surface area contributed by atoms with E-state index in [1.54, 1.807) is 25.2 Å². The molecule has 0 bridgehead atoms. The number of hydrogen-bond donors (Lipinski definition) is 3. The third-order valence-electron chi connectivity index (χ3n) is 4.99. The molecule has 3 N–H and O–H groups in total. The smallest absolute Gasteiger partial charge is 0.259 e. The molecule has 0 aliphatic rings. The summed E-state index contributed by atoms with van der Waals surface area (Å²) >= 11 is 3.43. The quantitative estimate of drug-likeness (QED) is 0.372. The zero-order valence-corrected chi connectivity index (χ0v) is 20.3. The predicted molar refractivity (Wildman–Crippen MR) is 133 cm³/mol. The SMILES string of the molecule is CNCCNC(=O)c1c(OC)c(Br)cc(NC(=O)c2ccc(-c3ccccc3)cc2)c1OC. The van der Waals surface area contributed by atoms with E-state index < -0.39 is 0 Å². The minimum atomic E-state index is -0.372. The monoisotopic (exact) mass is 511 g/mol. The maximum atomic E-state index is 13.0. The summed E-state index contributed by atoms with van der Waals surface area (Å²) in [6, 6.07) is 18.9. The fraction of sp³-hybridized carbons (Fsp3) is 0.200.